The van der Waals surface area contributed by atoms with Gasteiger partial charge in [-0.25, -0.2) is 13.2 Å². The molecule has 178 valence electrons. The molecule has 0 aliphatic carbocycles. The van der Waals surface area contributed by atoms with Crippen molar-refractivity contribution in [1.29, 1.82) is 0 Å². The summed E-state index contributed by atoms with van der Waals surface area (Å²) in [5.74, 6) is -0.752. The second kappa shape index (κ2) is 11.0. The summed E-state index contributed by atoms with van der Waals surface area (Å²) in [4.78, 5) is 24.8. The lowest BCUT2D eigenvalue weighted by molar-refractivity contribution is -0.114. The first-order valence-corrected chi connectivity index (χ1v) is 12.1. The number of nitrogens with zero attached hydrogens (tertiary/aromatic N) is 1. The minimum atomic E-state index is -4.07. The third kappa shape index (κ3) is 5.86. The van der Waals surface area contributed by atoms with Crippen LogP contribution in [0.5, 0.6) is 5.75 Å². The Labute approximate surface area is 203 Å². The highest BCUT2D eigenvalue weighted by atomic mass is 35.5. The van der Waals surface area contributed by atoms with Gasteiger partial charge in [0, 0.05) is 11.8 Å². The van der Waals surface area contributed by atoms with Crippen LogP contribution in [0.2, 0.25) is 5.02 Å². The number of hydrogen-bond donors (Lipinski definition) is 1. The van der Waals surface area contributed by atoms with Crippen molar-refractivity contribution in [3.05, 3.63) is 83.4 Å². The normalized spacial score (nSPS) is 10.9. The summed E-state index contributed by atoms with van der Waals surface area (Å²) < 4.78 is 37.9. The number of carbonyl (C=O) groups is 2. The predicted molar refractivity (Wildman–Crippen MR) is 130 cm³/mol. The fourth-order valence-corrected chi connectivity index (χ4v) is 4.79. The number of anilines is 2. The first-order chi connectivity index (χ1) is 16.3. The molecule has 0 aliphatic rings. The molecular formula is C24H23ClN2O6S. The number of hydrogen-bond acceptors (Lipinski definition) is 6. The Morgan fingerprint density at radius 1 is 1.00 bits per heavy atom. The number of nitrogens with one attached hydrogen (secondary N) is 1. The van der Waals surface area contributed by atoms with Crippen LogP contribution in [0.15, 0.2) is 77.7 Å². The largest absolute Gasteiger partial charge is 0.497 e. The summed E-state index contributed by atoms with van der Waals surface area (Å²) in [6, 6.07) is 18.5. The van der Waals surface area contributed by atoms with Crippen molar-refractivity contribution in [3.63, 3.8) is 0 Å². The highest BCUT2D eigenvalue weighted by Crippen LogP contribution is 2.27. The average Bonchev–Trinajstić information content (AvgIpc) is 2.83. The molecule has 1 amide bonds. The zero-order valence-electron chi connectivity index (χ0n) is 18.5. The second-order valence-corrected chi connectivity index (χ2v) is 9.26. The van der Waals surface area contributed by atoms with Crippen molar-refractivity contribution in [2.75, 3.05) is 29.9 Å². The van der Waals surface area contributed by atoms with E-state index in [1.54, 1.807) is 43.3 Å². The molecule has 8 nitrogen and oxygen atoms in total. The van der Waals surface area contributed by atoms with Crippen molar-refractivity contribution < 1.29 is 27.5 Å². The standard InChI is InChI=1S/C24H23ClN2O6S/c1-3-33-24(29)21-13-12-17(14-22(21)25)26-23(28)16-27(18-8-7-9-19(15-18)32-2)34(30,31)20-10-5-4-6-11-20/h4-15H,3,16H2,1-2H3,(H,26,28). The van der Waals surface area contributed by atoms with E-state index in [1.165, 1.54) is 43.5 Å². The van der Waals surface area contributed by atoms with E-state index >= 15 is 0 Å². The van der Waals surface area contributed by atoms with Crippen LogP contribution in [0.25, 0.3) is 0 Å². The van der Waals surface area contributed by atoms with E-state index in [-0.39, 0.29) is 27.8 Å². The van der Waals surface area contributed by atoms with E-state index in [0.29, 0.717) is 11.4 Å². The quantitative estimate of drug-likeness (QED) is 0.436. The minimum Gasteiger partial charge on any atom is -0.497 e. The van der Waals surface area contributed by atoms with Gasteiger partial charge in [0.2, 0.25) is 5.91 Å². The zero-order valence-corrected chi connectivity index (χ0v) is 20.1. The van der Waals surface area contributed by atoms with Crippen LogP contribution in [0.4, 0.5) is 11.4 Å². The summed E-state index contributed by atoms with van der Waals surface area (Å²) in [7, 11) is -2.61. The molecule has 0 aliphatic heterocycles. The molecule has 0 radical (unpaired) electrons. The molecule has 1 N–H and O–H groups in total. The number of benzene rings is 3. The highest BCUT2D eigenvalue weighted by Gasteiger charge is 2.27. The Morgan fingerprint density at radius 2 is 1.74 bits per heavy atom. The van der Waals surface area contributed by atoms with Crippen LogP contribution in [-0.2, 0) is 19.6 Å². The summed E-state index contributed by atoms with van der Waals surface area (Å²) >= 11 is 6.16. The Morgan fingerprint density at radius 3 is 2.38 bits per heavy atom. The molecule has 0 spiro atoms. The van der Waals surface area contributed by atoms with Crippen molar-refractivity contribution in [3.8, 4) is 5.75 Å². The number of methoxy groups -OCH3 is 1. The maximum Gasteiger partial charge on any atom is 0.339 e. The first kappa shape index (κ1) is 25.1. The monoisotopic (exact) mass is 502 g/mol. The molecule has 0 unspecified atom stereocenters. The Bertz CT molecular complexity index is 1280. The van der Waals surface area contributed by atoms with Crippen molar-refractivity contribution in [2.45, 2.75) is 11.8 Å². The SMILES string of the molecule is CCOC(=O)c1ccc(NC(=O)CN(c2cccc(OC)c2)S(=O)(=O)c2ccccc2)cc1Cl. The summed E-state index contributed by atoms with van der Waals surface area (Å²) in [6.07, 6.45) is 0. The number of halogens is 1. The molecule has 0 aromatic heterocycles. The van der Waals surface area contributed by atoms with E-state index < -0.39 is 28.4 Å². The molecule has 3 aromatic carbocycles. The number of amides is 1. The van der Waals surface area contributed by atoms with Gasteiger partial charge in [0.15, 0.2) is 0 Å². The molecule has 0 heterocycles. The molecule has 0 saturated heterocycles. The molecule has 34 heavy (non-hydrogen) atoms. The van der Waals surface area contributed by atoms with Gasteiger partial charge in [0.1, 0.15) is 12.3 Å². The second-order valence-electron chi connectivity index (χ2n) is 6.99. The average molecular weight is 503 g/mol. The van der Waals surface area contributed by atoms with Crippen LogP contribution in [0.1, 0.15) is 17.3 Å². The van der Waals surface area contributed by atoms with E-state index in [0.717, 1.165) is 4.31 Å². The van der Waals surface area contributed by atoms with Crippen LogP contribution in [0, 0.1) is 0 Å². The molecule has 0 atom stereocenters. The van der Waals surface area contributed by atoms with Crippen LogP contribution < -0.4 is 14.4 Å². The molecule has 0 bridgehead atoms. The molecule has 0 fully saturated rings. The van der Waals surface area contributed by atoms with Crippen LogP contribution in [0.3, 0.4) is 0 Å². The summed E-state index contributed by atoms with van der Waals surface area (Å²) in [5.41, 5.74) is 0.714. The lowest BCUT2D eigenvalue weighted by atomic mass is 10.2. The van der Waals surface area contributed by atoms with Gasteiger partial charge in [-0.3, -0.25) is 9.10 Å². The van der Waals surface area contributed by atoms with Gasteiger partial charge >= 0.3 is 5.97 Å². The van der Waals surface area contributed by atoms with Crippen LogP contribution in [-0.4, -0.2) is 40.6 Å². The highest BCUT2D eigenvalue weighted by molar-refractivity contribution is 7.92. The van der Waals surface area contributed by atoms with E-state index in [2.05, 4.69) is 5.32 Å². The van der Waals surface area contributed by atoms with E-state index in [1.807, 2.05) is 0 Å². The van der Waals surface area contributed by atoms with E-state index in [4.69, 9.17) is 21.1 Å². The van der Waals surface area contributed by atoms with Gasteiger partial charge in [-0.15, -0.1) is 0 Å². The van der Waals surface area contributed by atoms with Crippen molar-refractivity contribution in [1.82, 2.24) is 0 Å². The van der Waals surface area contributed by atoms with Crippen molar-refractivity contribution >= 4 is 44.9 Å². The molecule has 0 saturated carbocycles. The van der Waals surface area contributed by atoms with Gasteiger partial charge in [-0.05, 0) is 49.4 Å². The Kier molecular flexibility index (Phi) is 8.14. The lowest BCUT2D eigenvalue weighted by Crippen LogP contribution is -2.38. The van der Waals surface area contributed by atoms with Crippen LogP contribution >= 0.6 is 11.6 Å². The first-order valence-electron chi connectivity index (χ1n) is 10.2. The number of sulfonamides is 1. The zero-order chi connectivity index (χ0) is 24.7. The maximum absolute atomic E-state index is 13.4. The molecule has 3 rings (SSSR count). The van der Waals surface area contributed by atoms with Gasteiger partial charge in [0.25, 0.3) is 10.0 Å². The van der Waals surface area contributed by atoms with Gasteiger partial charge in [0.05, 0.1) is 34.9 Å². The minimum absolute atomic E-state index is 0.0347. The predicted octanol–water partition coefficient (Wildman–Crippen LogP) is 4.36. The lowest BCUT2D eigenvalue weighted by Gasteiger charge is -2.24. The number of rotatable bonds is 9. The number of carbonyl (C=O) groups excluding carboxylic acids is 2. The fraction of sp³-hybridized carbons (Fsp3) is 0.167. The molecular weight excluding hydrogens is 480 g/mol. The Hall–Kier alpha value is -3.56. The maximum atomic E-state index is 13.4. The van der Waals surface area contributed by atoms with Gasteiger partial charge in [-0.1, -0.05) is 35.9 Å². The summed E-state index contributed by atoms with van der Waals surface area (Å²) in [6.45, 7) is 1.36. The van der Waals surface area contributed by atoms with E-state index in [9.17, 15) is 18.0 Å². The fourth-order valence-electron chi connectivity index (χ4n) is 3.10. The van der Waals surface area contributed by atoms with Gasteiger partial charge < -0.3 is 14.8 Å². The summed E-state index contributed by atoms with van der Waals surface area (Å²) in [5, 5.41) is 2.72. The number of esters is 1. The molecule has 3 aromatic rings. The topological polar surface area (TPSA) is 102 Å². The number of ether oxygens (including phenoxy) is 2. The Balaban J connectivity index is 1.89. The van der Waals surface area contributed by atoms with Gasteiger partial charge in [-0.2, -0.15) is 0 Å². The van der Waals surface area contributed by atoms with Crippen molar-refractivity contribution in [2.24, 2.45) is 0 Å². The third-order valence-corrected chi connectivity index (χ3v) is 6.81. The smallest absolute Gasteiger partial charge is 0.339 e. The molecule has 10 heteroatoms. The third-order valence-electron chi connectivity index (χ3n) is 4.71.